The zero-order valence-electron chi connectivity index (χ0n) is 17.0. The van der Waals surface area contributed by atoms with Gasteiger partial charge in [-0.25, -0.2) is 9.79 Å². The third kappa shape index (κ3) is 4.74. The van der Waals surface area contributed by atoms with Crippen LogP contribution >= 0.6 is 0 Å². The molecule has 3 rings (SSSR count). The molecule has 0 aliphatic carbocycles. The number of hydrogen-bond acceptors (Lipinski definition) is 5. The van der Waals surface area contributed by atoms with Crippen molar-refractivity contribution in [3.63, 3.8) is 0 Å². The lowest BCUT2D eigenvalue weighted by molar-refractivity contribution is -0.148. The van der Waals surface area contributed by atoms with Crippen LogP contribution in [0.2, 0.25) is 0 Å². The van der Waals surface area contributed by atoms with Gasteiger partial charge < -0.3 is 19.7 Å². The Morgan fingerprint density at radius 1 is 1.10 bits per heavy atom. The summed E-state index contributed by atoms with van der Waals surface area (Å²) in [5.41, 5.74) is 3.14. The summed E-state index contributed by atoms with van der Waals surface area (Å²) in [6.07, 6.45) is 0. The highest BCUT2D eigenvalue weighted by molar-refractivity contribution is 6.08. The first-order valence-corrected chi connectivity index (χ1v) is 9.31. The molecule has 1 aliphatic heterocycles. The number of esters is 1. The number of anilines is 1. The molecule has 7 heteroatoms. The van der Waals surface area contributed by atoms with E-state index in [1.807, 2.05) is 67.5 Å². The van der Waals surface area contributed by atoms with Crippen LogP contribution < -0.4 is 15.0 Å². The van der Waals surface area contributed by atoms with Gasteiger partial charge in [0.1, 0.15) is 18.3 Å². The minimum Gasteiger partial charge on any atom is -0.497 e. The fraction of sp³-hybridized carbons (Fsp3) is 0.318. The molecule has 2 aromatic rings. The molecule has 2 aromatic carbocycles. The predicted molar refractivity (Wildman–Crippen MR) is 111 cm³/mol. The number of carbonyl (C=O) groups is 2. The smallest absolute Gasteiger partial charge is 0.341 e. The van der Waals surface area contributed by atoms with Crippen LogP contribution in [0, 0.1) is 5.92 Å². The van der Waals surface area contributed by atoms with E-state index in [0.29, 0.717) is 5.71 Å². The first kappa shape index (κ1) is 20.4. The number of ether oxygens (including phenoxy) is 2. The minimum atomic E-state index is -0.684. The Balaban J connectivity index is 1.77. The highest BCUT2D eigenvalue weighted by Gasteiger charge is 2.38. The molecule has 0 spiro atoms. The number of benzene rings is 2. The summed E-state index contributed by atoms with van der Waals surface area (Å²) in [6.45, 7) is 1.81. The second kappa shape index (κ2) is 8.77. The predicted octanol–water partition coefficient (Wildman–Crippen LogP) is 3.35. The highest BCUT2D eigenvalue weighted by Crippen LogP contribution is 2.29. The molecular weight excluding hydrogens is 370 g/mol. The molecule has 0 aromatic heterocycles. The first-order valence-electron chi connectivity index (χ1n) is 9.31. The van der Waals surface area contributed by atoms with Crippen molar-refractivity contribution < 1.29 is 19.1 Å². The lowest BCUT2D eigenvalue weighted by Gasteiger charge is -2.30. The lowest BCUT2D eigenvalue weighted by atomic mass is 9.88. The molecule has 7 nitrogen and oxygen atoms in total. The number of amides is 2. The van der Waals surface area contributed by atoms with Crippen LogP contribution in [0.1, 0.15) is 24.1 Å². The van der Waals surface area contributed by atoms with E-state index < -0.39 is 24.0 Å². The van der Waals surface area contributed by atoms with Gasteiger partial charge in [0, 0.05) is 25.5 Å². The molecule has 2 amide bonds. The van der Waals surface area contributed by atoms with Crippen LogP contribution in [0.25, 0.3) is 0 Å². The Morgan fingerprint density at radius 2 is 1.76 bits per heavy atom. The molecular formula is C22H25N3O4. The Kier molecular flexibility index (Phi) is 6.16. The molecule has 1 N–H and O–H groups in total. The van der Waals surface area contributed by atoms with E-state index in [1.54, 1.807) is 14.0 Å². The quantitative estimate of drug-likeness (QED) is 0.759. The molecule has 0 bridgehead atoms. The molecule has 0 fully saturated rings. The SMILES string of the molecule is COc1ccc(COC(=O)C2C(C)=NC(=O)NC2c2ccc(N(C)C)cc2)cc1. The number of aliphatic imine (C=N–C) groups is 1. The molecule has 2 unspecified atom stereocenters. The number of nitrogens with zero attached hydrogens (tertiary/aromatic N) is 2. The van der Waals surface area contributed by atoms with Gasteiger partial charge in [-0.05, 0) is 42.3 Å². The lowest BCUT2D eigenvalue weighted by Crippen LogP contribution is -2.44. The Labute approximate surface area is 170 Å². The van der Waals surface area contributed by atoms with Gasteiger partial charge in [-0.2, -0.15) is 0 Å². The van der Waals surface area contributed by atoms with E-state index in [2.05, 4.69) is 10.3 Å². The van der Waals surface area contributed by atoms with Gasteiger partial charge in [0.05, 0.1) is 13.2 Å². The number of nitrogens with one attached hydrogen (secondary N) is 1. The molecule has 152 valence electrons. The maximum absolute atomic E-state index is 12.9. The van der Waals surface area contributed by atoms with E-state index in [-0.39, 0.29) is 6.61 Å². The molecule has 1 aliphatic rings. The summed E-state index contributed by atoms with van der Waals surface area (Å²) in [6, 6.07) is 14.0. The summed E-state index contributed by atoms with van der Waals surface area (Å²) in [5.74, 6) is -0.376. The first-order chi connectivity index (χ1) is 13.9. The van der Waals surface area contributed by atoms with Crippen molar-refractivity contribution in [1.82, 2.24) is 5.32 Å². The molecule has 0 saturated heterocycles. The van der Waals surface area contributed by atoms with Gasteiger partial charge in [0.15, 0.2) is 0 Å². The van der Waals surface area contributed by atoms with Gasteiger partial charge in [-0.3, -0.25) is 4.79 Å². The summed E-state index contributed by atoms with van der Waals surface area (Å²) in [7, 11) is 5.50. The monoisotopic (exact) mass is 395 g/mol. The van der Waals surface area contributed by atoms with E-state index in [1.165, 1.54) is 0 Å². The molecule has 2 atom stereocenters. The van der Waals surface area contributed by atoms with Gasteiger partial charge >= 0.3 is 12.0 Å². The molecule has 29 heavy (non-hydrogen) atoms. The van der Waals surface area contributed by atoms with Crippen LogP contribution in [0.4, 0.5) is 10.5 Å². The summed E-state index contributed by atoms with van der Waals surface area (Å²) >= 11 is 0. The average molecular weight is 395 g/mol. The minimum absolute atomic E-state index is 0.132. The van der Waals surface area contributed by atoms with Crippen LogP contribution in [-0.2, 0) is 16.1 Å². The van der Waals surface area contributed by atoms with Crippen molar-refractivity contribution in [2.45, 2.75) is 19.6 Å². The van der Waals surface area contributed by atoms with Crippen molar-refractivity contribution >= 4 is 23.4 Å². The number of urea groups is 1. The Hall–Kier alpha value is -3.35. The van der Waals surface area contributed by atoms with E-state index in [0.717, 1.165) is 22.6 Å². The van der Waals surface area contributed by atoms with Gasteiger partial charge in [-0.15, -0.1) is 0 Å². The van der Waals surface area contributed by atoms with Crippen LogP contribution in [0.3, 0.4) is 0 Å². The van der Waals surface area contributed by atoms with Gasteiger partial charge in [-0.1, -0.05) is 24.3 Å². The Bertz CT molecular complexity index is 905. The summed E-state index contributed by atoms with van der Waals surface area (Å²) in [4.78, 5) is 30.8. The maximum atomic E-state index is 12.9. The number of rotatable bonds is 6. The van der Waals surface area contributed by atoms with Crippen molar-refractivity contribution in [3.05, 3.63) is 59.7 Å². The van der Waals surface area contributed by atoms with E-state index >= 15 is 0 Å². The average Bonchev–Trinajstić information content (AvgIpc) is 2.72. The zero-order valence-corrected chi connectivity index (χ0v) is 17.0. The molecule has 1 heterocycles. The van der Waals surface area contributed by atoms with Gasteiger partial charge in [0.2, 0.25) is 0 Å². The maximum Gasteiger partial charge on any atom is 0.341 e. The van der Waals surface area contributed by atoms with Crippen LogP contribution in [-0.4, -0.2) is 38.9 Å². The number of hydrogen-bond donors (Lipinski definition) is 1. The number of carbonyl (C=O) groups excluding carboxylic acids is 2. The normalized spacial score (nSPS) is 18.5. The largest absolute Gasteiger partial charge is 0.497 e. The Morgan fingerprint density at radius 3 is 2.34 bits per heavy atom. The fourth-order valence-electron chi connectivity index (χ4n) is 3.25. The van der Waals surface area contributed by atoms with Crippen molar-refractivity contribution in [1.29, 1.82) is 0 Å². The van der Waals surface area contributed by atoms with Crippen LogP contribution in [0.5, 0.6) is 5.75 Å². The second-order valence-electron chi connectivity index (χ2n) is 7.10. The van der Waals surface area contributed by atoms with Gasteiger partial charge in [0.25, 0.3) is 0 Å². The molecule has 0 saturated carbocycles. The third-order valence-electron chi connectivity index (χ3n) is 4.90. The van der Waals surface area contributed by atoms with Crippen molar-refractivity contribution in [2.75, 3.05) is 26.1 Å². The van der Waals surface area contributed by atoms with Crippen molar-refractivity contribution in [2.24, 2.45) is 10.9 Å². The number of methoxy groups -OCH3 is 1. The van der Waals surface area contributed by atoms with Crippen LogP contribution in [0.15, 0.2) is 53.5 Å². The summed E-state index contributed by atoms with van der Waals surface area (Å²) < 4.78 is 10.7. The van der Waals surface area contributed by atoms with Crippen molar-refractivity contribution in [3.8, 4) is 5.75 Å². The standard InChI is InChI=1S/C22H25N3O4/c1-14-19(21(26)29-13-15-5-11-18(28-4)12-6-15)20(24-22(27)23-14)16-7-9-17(10-8-16)25(2)3/h5-12,19-20H,13H2,1-4H3,(H,24,27). The highest BCUT2D eigenvalue weighted by atomic mass is 16.5. The fourth-order valence-corrected chi connectivity index (χ4v) is 3.25. The van der Waals surface area contributed by atoms with E-state index in [9.17, 15) is 9.59 Å². The second-order valence-corrected chi connectivity index (χ2v) is 7.10. The molecule has 0 radical (unpaired) electrons. The third-order valence-corrected chi connectivity index (χ3v) is 4.90. The summed E-state index contributed by atoms with van der Waals surface area (Å²) in [5, 5.41) is 2.80. The van der Waals surface area contributed by atoms with E-state index in [4.69, 9.17) is 9.47 Å². The zero-order chi connectivity index (χ0) is 21.0. The topological polar surface area (TPSA) is 80.2 Å².